The van der Waals surface area contributed by atoms with E-state index in [2.05, 4.69) is 25.4 Å². The highest BCUT2D eigenvalue weighted by Crippen LogP contribution is 2.31. The van der Waals surface area contributed by atoms with Crippen LogP contribution in [0.2, 0.25) is 0 Å². The number of aromatic nitrogens is 6. The molecular weight excluding hydrogens is 360 g/mol. The average Bonchev–Trinajstić information content (AvgIpc) is 3.41. The Bertz CT molecular complexity index is 1090. The fourth-order valence-electron chi connectivity index (χ4n) is 3.13. The van der Waals surface area contributed by atoms with Crippen molar-refractivity contribution < 1.29 is 14.0 Å². The smallest absolute Gasteiger partial charge is 0.259 e. The van der Waals surface area contributed by atoms with E-state index in [1.807, 2.05) is 41.1 Å². The van der Waals surface area contributed by atoms with Gasteiger partial charge in [-0.05, 0) is 29.8 Å². The van der Waals surface area contributed by atoms with Gasteiger partial charge in [0.15, 0.2) is 5.69 Å². The Morgan fingerprint density at radius 3 is 2.86 bits per heavy atom. The van der Waals surface area contributed by atoms with Gasteiger partial charge in [0.2, 0.25) is 5.82 Å². The number of rotatable bonds is 4. The summed E-state index contributed by atoms with van der Waals surface area (Å²) < 4.78 is 18.4. The molecule has 1 atom stereocenters. The molecule has 0 bridgehead atoms. The van der Waals surface area contributed by atoms with E-state index in [1.165, 1.54) is 0 Å². The van der Waals surface area contributed by atoms with Crippen molar-refractivity contribution in [2.45, 2.75) is 19.3 Å². The van der Waals surface area contributed by atoms with Gasteiger partial charge in [0, 0.05) is 12.4 Å². The topological polar surface area (TPSA) is 101 Å². The zero-order valence-corrected chi connectivity index (χ0v) is 15.0. The molecule has 28 heavy (non-hydrogen) atoms. The lowest BCUT2D eigenvalue weighted by molar-refractivity contribution is -0.00114. The molecule has 0 spiro atoms. The van der Waals surface area contributed by atoms with Crippen molar-refractivity contribution in [3.63, 3.8) is 0 Å². The van der Waals surface area contributed by atoms with E-state index >= 15 is 0 Å². The van der Waals surface area contributed by atoms with Gasteiger partial charge in [-0.15, -0.1) is 5.10 Å². The third kappa shape index (κ3) is 2.91. The van der Waals surface area contributed by atoms with Gasteiger partial charge in [0.05, 0.1) is 31.5 Å². The summed E-state index contributed by atoms with van der Waals surface area (Å²) >= 11 is 0. The highest BCUT2D eigenvalue weighted by Gasteiger charge is 2.27. The van der Waals surface area contributed by atoms with Gasteiger partial charge in [-0.1, -0.05) is 22.5 Å². The fourth-order valence-corrected chi connectivity index (χ4v) is 3.13. The van der Waals surface area contributed by atoms with Crippen LogP contribution in [-0.2, 0) is 17.9 Å². The van der Waals surface area contributed by atoms with E-state index in [9.17, 15) is 0 Å². The molecule has 0 fully saturated rings. The maximum Gasteiger partial charge on any atom is 0.259 e. The molecule has 1 aliphatic heterocycles. The van der Waals surface area contributed by atoms with Crippen molar-refractivity contribution in [3.05, 3.63) is 60.0 Å². The van der Waals surface area contributed by atoms with Crippen molar-refractivity contribution in [2.24, 2.45) is 0 Å². The first-order valence-corrected chi connectivity index (χ1v) is 8.74. The first-order valence-electron chi connectivity index (χ1n) is 8.74. The molecule has 3 aromatic heterocycles. The molecule has 0 amide bonds. The van der Waals surface area contributed by atoms with Crippen LogP contribution in [0.4, 0.5) is 0 Å². The number of pyridine rings is 1. The van der Waals surface area contributed by atoms with E-state index in [0.29, 0.717) is 30.6 Å². The highest BCUT2D eigenvalue weighted by atomic mass is 16.5. The van der Waals surface area contributed by atoms with Crippen molar-refractivity contribution in [2.75, 3.05) is 7.11 Å². The summed E-state index contributed by atoms with van der Waals surface area (Å²) in [6.45, 7) is 0.914. The summed E-state index contributed by atoms with van der Waals surface area (Å²) in [5, 5.41) is 12.5. The molecule has 0 aliphatic carbocycles. The average molecular weight is 376 g/mol. The quantitative estimate of drug-likeness (QED) is 0.536. The third-order valence-corrected chi connectivity index (χ3v) is 4.63. The Morgan fingerprint density at radius 2 is 2.07 bits per heavy atom. The highest BCUT2D eigenvalue weighted by molar-refractivity contribution is 5.57. The summed E-state index contributed by atoms with van der Waals surface area (Å²) in [5.74, 6) is 1.58. The predicted molar refractivity (Wildman–Crippen MR) is 97.1 cm³/mol. The molecule has 4 aromatic rings. The van der Waals surface area contributed by atoms with E-state index in [4.69, 9.17) is 14.0 Å². The molecule has 0 saturated carbocycles. The first kappa shape index (κ1) is 16.6. The Hall–Kier alpha value is -3.59. The van der Waals surface area contributed by atoms with Crippen LogP contribution in [0.1, 0.15) is 17.4 Å². The molecule has 140 valence electrons. The zero-order chi connectivity index (χ0) is 18.9. The van der Waals surface area contributed by atoms with Gasteiger partial charge < -0.3 is 14.0 Å². The Morgan fingerprint density at radius 1 is 1.18 bits per heavy atom. The molecule has 4 heterocycles. The number of benzene rings is 1. The number of hydrogen-bond acceptors (Lipinski definition) is 8. The monoisotopic (exact) mass is 376 g/mol. The van der Waals surface area contributed by atoms with Gasteiger partial charge in [0.25, 0.3) is 5.89 Å². The normalized spacial score (nSPS) is 16.0. The standard InChI is InChI=1S/C19H16N6O3/c1-26-14-6-4-12(5-7-14)16-10-25-15(11-27-16)17(22-24-25)18-21-19(28-23-18)13-3-2-8-20-9-13/h2-9,16H,10-11H2,1H3. The van der Waals surface area contributed by atoms with Crippen LogP contribution in [0.15, 0.2) is 53.3 Å². The molecular formula is C19H16N6O3. The molecule has 5 rings (SSSR count). The number of hydrogen-bond donors (Lipinski definition) is 0. The second-order valence-electron chi connectivity index (χ2n) is 6.30. The molecule has 9 heteroatoms. The van der Waals surface area contributed by atoms with E-state index < -0.39 is 0 Å². The lowest BCUT2D eigenvalue weighted by Gasteiger charge is -2.24. The van der Waals surface area contributed by atoms with Gasteiger partial charge in [-0.2, -0.15) is 4.98 Å². The third-order valence-electron chi connectivity index (χ3n) is 4.63. The molecule has 0 saturated heterocycles. The molecule has 1 aromatic carbocycles. The van der Waals surface area contributed by atoms with Gasteiger partial charge in [-0.3, -0.25) is 4.98 Å². The van der Waals surface area contributed by atoms with Crippen LogP contribution >= 0.6 is 0 Å². The first-order chi connectivity index (χ1) is 13.8. The minimum atomic E-state index is -0.107. The van der Waals surface area contributed by atoms with E-state index in [0.717, 1.165) is 22.6 Å². The van der Waals surface area contributed by atoms with E-state index in [-0.39, 0.29) is 6.10 Å². The number of ether oxygens (including phenoxy) is 2. The van der Waals surface area contributed by atoms with Crippen LogP contribution in [0.25, 0.3) is 23.0 Å². The summed E-state index contributed by atoms with van der Waals surface area (Å²) in [4.78, 5) is 8.49. The summed E-state index contributed by atoms with van der Waals surface area (Å²) in [6.07, 6.45) is 3.25. The van der Waals surface area contributed by atoms with Crippen LogP contribution in [0.3, 0.4) is 0 Å². The van der Waals surface area contributed by atoms with E-state index in [1.54, 1.807) is 19.5 Å². The second-order valence-corrected chi connectivity index (χ2v) is 6.30. The zero-order valence-electron chi connectivity index (χ0n) is 15.0. The van der Waals surface area contributed by atoms with Crippen LogP contribution in [0.5, 0.6) is 5.75 Å². The van der Waals surface area contributed by atoms with Crippen LogP contribution < -0.4 is 4.74 Å². The maximum atomic E-state index is 6.04. The number of fused-ring (bicyclic) bond motifs is 1. The summed E-state index contributed by atoms with van der Waals surface area (Å²) in [7, 11) is 1.65. The maximum absolute atomic E-state index is 6.04. The minimum Gasteiger partial charge on any atom is -0.497 e. The predicted octanol–water partition coefficient (Wildman–Crippen LogP) is 2.67. The second kappa shape index (κ2) is 6.86. The Kier molecular flexibility index (Phi) is 4.06. The lowest BCUT2D eigenvalue weighted by Crippen LogP contribution is -2.22. The molecule has 1 unspecified atom stereocenters. The van der Waals surface area contributed by atoms with Crippen molar-refractivity contribution in [1.82, 2.24) is 30.1 Å². The van der Waals surface area contributed by atoms with Crippen molar-refractivity contribution >= 4 is 0 Å². The van der Waals surface area contributed by atoms with Crippen molar-refractivity contribution in [1.29, 1.82) is 0 Å². The summed E-state index contributed by atoms with van der Waals surface area (Å²) in [5.41, 5.74) is 3.19. The molecule has 0 radical (unpaired) electrons. The SMILES string of the molecule is COc1ccc(C2Cn3nnc(-c4noc(-c5cccnc5)n4)c3CO2)cc1. The van der Waals surface area contributed by atoms with Crippen LogP contribution in [0, 0.1) is 0 Å². The Balaban J connectivity index is 1.39. The minimum absolute atomic E-state index is 0.107. The van der Waals surface area contributed by atoms with Gasteiger partial charge in [0.1, 0.15) is 11.9 Å². The summed E-state index contributed by atoms with van der Waals surface area (Å²) in [6, 6.07) is 11.5. The van der Waals surface area contributed by atoms with Gasteiger partial charge >= 0.3 is 0 Å². The fraction of sp³-hybridized carbons (Fsp3) is 0.211. The van der Waals surface area contributed by atoms with Crippen LogP contribution in [-0.4, -0.2) is 37.2 Å². The number of methoxy groups -OCH3 is 1. The molecule has 1 aliphatic rings. The van der Waals surface area contributed by atoms with Gasteiger partial charge in [-0.25, -0.2) is 4.68 Å². The molecule has 9 nitrogen and oxygen atoms in total. The molecule has 0 N–H and O–H groups in total. The lowest BCUT2D eigenvalue weighted by atomic mass is 10.1. The Labute approximate surface area is 159 Å². The van der Waals surface area contributed by atoms with Crippen molar-refractivity contribution in [3.8, 4) is 28.7 Å². The number of nitrogens with zero attached hydrogens (tertiary/aromatic N) is 6. The largest absolute Gasteiger partial charge is 0.497 e.